The van der Waals surface area contributed by atoms with Crippen LogP contribution in [0, 0.1) is 13.8 Å². The smallest absolute Gasteiger partial charge is 0.0588 e. The van der Waals surface area contributed by atoms with Crippen LogP contribution in [0.1, 0.15) is 46.9 Å². The number of hydrogen-bond acceptors (Lipinski definition) is 0. The second-order valence-corrected chi connectivity index (χ2v) is 4.89. The van der Waals surface area contributed by atoms with E-state index in [0.29, 0.717) is 0 Å². The number of benzene rings is 1. The summed E-state index contributed by atoms with van der Waals surface area (Å²) < 4.78 is 0. The first-order valence-corrected chi connectivity index (χ1v) is 5.86. The van der Waals surface area contributed by atoms with Crippen molar-refractivity contribution in [3.05, 3.63) is 34.4 Å². The Labute approximate surface area is 91.3 Å². The third-order valence-electron chi connectivity index (χ3n) is 3.12. The van der Waals surface area contributed by atoms with Gasteiger partial charge in [0.25, 0.3) is 0 Å². The SMILES string of the molecule is Cc1cc(C)c2c(c1)C(Cl)CCCC2. The van der Waals surface area contributed by atoms with Crippen molar-refractivity contribution in [1.82, 2.24) is 0 Å². The minimum absolute atomic E-state index is 0.242. The summed E-state index contributed by atoms with van der Waals surface area (Å²) >= 11 is 6.40. The molecule has 0 fully saturated rings. The van der Waals surface area contributed by atoms with E-state index in [9.17, 15) is 0 Å². The fourth-order valence-corrected chi connectivity index (χ4v) is 2.78. The summed E-state index contributed by atoms with van der Waals surface area (Å²) in [6.45, 7) is 4.36. The summed E-state index contributed by atoms with van der Waals surface area (Å²) in [7, 11) is 0. The van der Waals surface area contributed by atoms with Gasteiger partial charge in [-0.05, 0) is 49.8 Å². The van der Waals surface area contributed by atoms with Crippen LogP contribution in [0.4, 0.5) is 0 Å². The molecule has 0 radical (unpaired) electrons. The fraction of sp³-hybridized carbons (Fsp3) is 0.538. The van der Waals surface area contributed by atoms with E-state index in [0.717, 1.165) is 6.42 Å². The number of fused-ring (bicyclic) bond motifs is 1. The molecule has 1 aromatic carbocycles. The summed E-state index contributed by atoms with van der Waals surface area (Å²) in [5.41, 5.74) is 5.66. The van der Waals surface area contributed by atoms with Crippen molar-refractivity contribution >= 4 is 11.6 Å². The van der Waals surface area contributed by atoms with Crippen molar-refractivity contribution in [2.75, 3.05) is 0 Å². The first-order chi connectivity index (χ1) is 6.68. The lowest BCUT2D eigenvalue weighted by Crippen LogP contribution is -1.97. The van der Waals surface area contributed by atoms with Gasteiger partial charge >= 0.3 is 0 Å². The van der Waals surface area contributed by atoms with Crippen LogP contribution >= 0.6 is 11.6 Å². The number of hydrogen-bond donors (Lipinski definition) is 0. The van der Waals surface area contributed by atoms with Gasteiger partial charge in [0.2, 0.25) is 0 Å². The first kappa shape index (κ1) is 10.0. The first-order valence-electron chi connectivity index (χ1n) is 5.42. The number of alkyl halides is 1. The average molecular weight is 209 g/mol. The molecule has 76 valence electrons. The molecule has 14 heavy (non-hydrogen) atoms. The average Bonchev–Trinajstić information content (AvgIpc) is 2.29. The van der Waals surface area contributed by atoms with Gasteiger partial charge in [0, 0.05) is 0 Å². The lowest BCUT2D eigenvalue weighted by atomic mass is 9.95. The van der Waals surface area contributed by atoms with Crippen molar-refractivity contribution in [2.45, 2.75) is 44.9 Å². The molecule has 0 bridgehead atoms. The van der Waals surface area contributed by atoms with Crippen LogP contribution in [0.2, 0.25) is 0 Å². The molecule has 0 saturated carbocycles. The Bertz CT molecular complexity index is 341. The minimum Gasteiger partial charge on any atom is -0.118 e. The zero-order valence-corrected chi connectivity index (χ0v) is 9.69. The molecule has 1 aliphatic rings. The van der Waals surface area contributed by atoms with Gasteiger partial charge in [0.15, 0.2) is 0 Å². The van der Waals surface area contributed by atoms with Crippen molar-refractivity contribution in [3.8, 4) is 0 Å². The molecule has 1 unspecified atom stereocenters. The Morgan fingerprint density at radius 1 is 1.21 bits per heavy atom. The Morgan fingerprint density at radius 3 is 2.79 bits per heavy atom. The van der Waals surface area contributed by atoms with Crippen LogP contribution in [0.25, 0.3) is 0 Å². The van der Waals surface area contributed by atoms with Gasteiger partial charge in [0.05, 0.1) is 5.38 Å². The maximum Gasteiger partial charge on any atom is 0.0588 e. The fourth-order valence-electron chi connectivity index (χ4n) is 2.43. The Balaban J connectivity index is 2.53. The summed E-state index contributed by atoms with van der Waals surface area (Å²) in [4.78, 5) is 0. The lowest BCUT2D eigenvalue weighted by Gasteiger charge is -2.14. The van der Waals surface area contributed by atoms with E-state index in [4.69, 9.17) is 11.6 Å². The highest BCUT2D eigenvalue weighted by Gasteiger charge is 2.17. The van der Waals surface area contributed by atoms with Gasteiger partial charge in [0.1, 0.15) is 0 Å². The third-order valence-corrected chi connectivity index (χ3v) is 3.58. The van der Waals surface area contributed by atoms with Crippen molar-refractivity contribution < 1.29 is 0 Å². The van der Waals surface area contributed by atoms with E-state index in [1.165, 1.54) is 41.5 Å². The Hall–Kier alpha value is -0.490. The normalized spacial score (nSPS) is 21.5. The summed E-state index contributed by atoms with van der Waals surface area (Å²) in [5.74, 6) is 0. The molecule has 1 atom stereocenters. The molecule has 0 nitrogen and oxygen atoms in total. The van der Waals surface area contributed by atoms with Gasteiger partial charge in [-0.3, -0.25) is 0 Å². The third kappa shape index (κ3) is 1.81. The molecule has 0 amide bonds. The molecule has 0 spiro atoms. The summed E-state index contributed by atoms with van der Waals surface area (Å²) in [5, 5.41) is 0.242. The molecular weight excluding hydrogens is 192 g/mol. The molecule has 0 aliphatic heterocycles. The predicted molar refractivity (Wildman–Crippen MR) is 62.1 cm³/mol. The van der Waals surface area contributed by atoms with E-state index < -0.39 is 0 Å². The molecule has 1 heteroatoms. The lowest BCUT2D eigenvalue weighted by molar-refractivity contribution is 0.699. The van der Waals surface area contributed by atoms with Gasteiger partial charge in [-0.25, -0.2) is 0 Å². The Kier molecular flexibility index (Phi) is 2.83. The van der Waals surface area contributed by atoms with Gasteiger partial charge in [-0.15, -0.1) is 11.6 Å². The van der Waals surface area contributed by atoms with Crippen LogP contribution in [-0.2, 0) is 6.42 Å². The summed E-state index contributed by atoms with van der Waals surface area (Å²) in [6, 6.07) is 4.54. The van der Waals surface area contributed by atoms with Crippen LogP contribution < -0.4 is 0 Å². The van der Waals surface area contributed by atoms with Crippen LogP contribution in [0.5, 0.6) is 0 Å². The topological polar surface area (TPSA) is 0 Å². The van der Waals surface area contributed by atoms with Crippen LogP contribution in [0.3, 0.4) is 0 Å². The van der Waals surface area contributed by atoms with Crippen LogP contribution in [-0.4, -0.2) is 0 Å². The van der Waals surface area contributed by atoms with Gasteiger partial charge < -0.3 is 0 Å². The maximum absolute atomic E-state index is 6.40. The van der Waals surface area contributed by atoms with Crippen molar-refractivity contribution in [2.24, 2.45) is 0 Å². The minimum atomic E-state index is 0.242. The van der Waals surface area contributed by atoms with Gasteiger partial charge in [-0.2, -0.15) is 0 Å². The van der Waals surface area contributed by atoms with Crippen LogP contribution in [0.15, 0.2) is 12.1 Å². The monoisotopic (exact) mass is 208 g/mol. The molecule has 0 heterocycles. The van der Waals surface area contributed by atoms with E-state index >= 15 is 0 Å². The summed E-state index contributed by atoms with van der Waals surface area (Å²) in [6.07, 6.45) is 4.91. The maximum atomic E-state index is 6.40. The molecule has 1 aliphatic carbocycles. The van der Waals surface area contributed by atoms with E-state index in [1.54, 1.807) is 0 Å². The second-order valence-electron chi connectivity index (χ2n) is 4.36. The largest absolute Gasteiger partial charge is 0.118 e. The van der Waals surface area contributed by atoms with Crippen molar-refractivity contribution in [1.29, 1.82) is 0 Å². The molecule has 0 aromatic heterocycles. The number of rotatable bonds is 0. The number of aryl methyl sites for hydroxylation is 2. The molecule has 1 aromatic rings. The highest BCUT2D eigenvalue weighted by Crippen LogP contribution is 2.35. The molecule has 0 saturated heterocycles. The predicted octanol–water partition coefficient (Wildman–Crippen LogP) is 4.31. The van der Waals surface area contributed by atoms with E-state index in [2.05, 4.69) is 26.0 Å². The standard InChI is InChI=1S/C13H17Cl/c1-9-7-10(2)11-5-3-4-6-13(14)12(11)8-9/h7-8,13H,3-6H2,1-2H3. The Morgan fingerprint density at radius 2 is 2.00 bits per heavy atom. The highest BCUT2D eigenvalue weighted by atomic mass is 35.5. The second kappa shape index (κ2) is 3.94. The molecular formula is C13H17Cl. The highest BCUT2D eigenvalue weighted by molar-refractivity contribution is 6.21. The zero-order chi connectivity index (χ0) is 10.1. The molecule has 2 rings (SSSR count). The van der Waals surface area contributed by atoms with Crippen molar-refractivity contribution in [3.63, 3.8) is 0 Å². The van der Waals surface area contributed by atoms with Gasteiger partial charge in [-0.1, -0.05) is 24.1 Å². The van der Waals surface area contributed by atoms with E-state index in [1.807, 2.05) is 0 Å². The zero-order valence-electron chi connectivity index (χ0n) is 8.94. The molecule has 0 N–H and O–H groups in total. The van der Waals surface area contributed by atoms with E-state index in [-0.39, 0.29) is 5.38 Å². The number of halogens is 1. The quantitative estimate of drug-likeness (QED) is 0.440.